The van der Waals surface area contributed by atoms with Gasteiger partial charge in [0.05, 0.1) is 0 Å². The van der Waals surface area contributed by atoms with Crippen molar-refractivity contribution in [1.82, 2.24) is 0 Å². The van der Waals surface area contributed by atoms with Gasteiger partial charge in [0.2, 0.25) is 0 Å². The molecule has 0 bridgehead atoms. The van der Waals surface area contributed by atoms with Crippen molar-refractivity contribution in [2.24, 2.45) is 0 Å². The molecule has 0 aliphatic rings. The molecule has 2 heteroatoms. The van der Waals surface area contributed by atoms with Gasteiger partial charge in [-0.1, -0.05) is 30.3 Å². The van der Waals surface area contributed by atoms with E-state index in [0.29, 0.717) is 5.88 Å². The Morgan fingerprint density at radius 2 is 1.44 bits per heavy atom. The molecule has 0 aromatic heterocycles. The fraction of sp³-hybridized carbons (Fsp3) is 0.143. The van der Waals surface area contributed by atoms with Crippen LogP contribution in [0.3, 0.4) is 0 Å². The van der Waals surface area contributed by atoms with Gasteiger partial charge in [0, 0.05) is 24.3 Å². The SMILES string of the molecule is CN(c1ccccc1)c1ccc(CCl)cc1. The van der Waals surface area contributed by atoms with Gasteiger partial charge in [-0.15, -0.1) is 11.6 Å². The second-order valence-electron chi connectivity index (χ2n) is 3.69. The molecule has 2 rings (SSSR count). The minimum Gasteiger partial charge on any atom is -0.345 e. The molecule has 0 aliphatic heterocycles. The number of para-hydroxylation sites is 1. The van der Waals surface area contributed by atoms with Gasteiger partial charge >= 0.3 is 0 Å². The van der Waals surface area contributed by atoms with E-state index in [4.69, 9.17) is 11.6 Å². The lowest BCUT2D eigenvalue weighted by atomic mass is 10.2. The maximum absolute atomic E-state index is 5.76. The molecule has 0 N–H and O–H groups in total. The van der Waals surface area contributed by atoms with Crippen LogP contribution in [0.2, 0.25) is 0 Å². The zero-order chi connectivity index (χ0) is 11.4. The average Bonchev–Trinajstić information content (AvgIpc) is 2.39. The molecule has 0 radical (unpaired) electrons. The first-order valence-corrected chi connectivity index (χ1v) is 5.78. The smallest absolute Gasteiger partial charge is 0.0474 e. The summed E-state index contributed by atoms with van der Waals surface area (Å²) < 4.78 is 0. The standard InChI is InChI=1S/C14H14ClN/c1-16(13-5-3-2-4-6-13)14-9-7-12(11-15)8-10-14/h2-10H,11H2,1H3. The van der Waals surface area contributed by atoms with Gasteiger partial charge in [-0.3, -0.25) is 0 Å². The first-order chi connectivity index (χ1) is 7.81. The fourth-order valence-electron chi connectivity index (χ4n) is 1.61. The van der Waals surface area contributed by atoms with Crippen LogP contribution in [-0.4, -0.2) is 7.05 Å². The average molecular weight is 232 g/mol. The molecule has 0 unspecified atom stereocenters. The third-order valence-corrected chi connectivity index (χ3v) is 2.93. The summed E-state index contributed by atoms with van der Waals surface area (Å²) in [4.78, 5) is 2.15. The first kappa shape index (κ1) is 11.0. The Kier molecular flexibility index (Phi) is 3.47. The molecule has 0 spiro atoms. The number of anilines is 2. The number of hydrogen-bond acceptors (Lipinski definition) is 1. The van der Waals surface area contributed by atoms with Crippen molar-refractivity contribution in [3.8, 4) is 0 Å². The lowest BCUT2D eigenvalue weighted by Gasteiger charge is -2.19. The molecule has 0 atom stereocenters. The van der Waals surface area contributed by atoms with Crippen molar-refractivity contribution < 1.29 is 0 Å². The Labute approximate surface area is 101 Å². The van der Waals surface area contributed by atoms with E-state index in [1.54, 1.807) is 0 Å². The van der Waals surface area contributed by atoms with Crippen LogP contribution in [0.4, 0.5) is 11.4 Å². The number of halogens is 1. The highest BCUT2D eigenvalue weighted by Gasteiger charge is 2.02. The van der Waals surface area contributed by atoms with Gasteiger partial charge in [-0.2, -0.15) is 0 Å². The van der Waals surface area contributed by atoms with Crippen molar-refractivity contribution in [2.45, 2.75) is 5.88 Å². The quantitative estimate of drug-likeness (QED) is 0.716. The van der Waals surface area contributed by atoms with E-state index in [0.717, 1.165) is 5.56 Å². The molecule has 16 heavy (non-hydrogen) atoms. The highest BCUT2D eigenvalue weighted by atomic mass is 35.5. The summed E-state index contributed by atoms with van der Waals surface area (Å²) in [5.41, 5.74) is 3.49. The molecule has 2 aromatic rings. The van der Waals surface area contributed by atoms with Crippen LogP contribution in [0.1, 0.15) is 5.56 Å². The van der Waals surface area contributed by atoms with Crippen LogP contribution in [0.25, 0.3) is 0 Å². The lowest BCUT2D eigenvalue weighted by Crippen LogP contribution is -2.08. The van der Waals surface area contributed by atoms with Gasteiger partial charge in [0.1, 0.15) is 0 Å². The molecular formula is C14H14ClN. The molecule has 0 fully saturated rings. The monoisotopic (exact) mass is 231 g/mol. The van der Waals surface area contributed by atoms with Crippen LogP contribution < -0.4 is 4.90 Å². The molecule has 0 heterocycles. The molecule has 0 saturated heterocycles. The van der Waals surface area contributed by atoms with Gasteiger partial charge in [-0.25, -0.2) is 0 Å². The third-order valence-electron chi connectivity index (χ3n) is 2.62. The Bertz CT molecular complexity index is 436. The summed E-state index contributed by atoms with van der Waals surface area (Å²) >= 11 is 5.76. The summed E-state index contributed by atoms with van der Waals surface area (Å²) in [5.74, 6) is 0.565. The van der Waals surface area contributed by atoms with Crippen LogP contribution in [0, 0.1) is 0 Å². The second kappa shape index (κ2) is 5.04. The normalized spacial score (nSPS) is 10.1. The Morgan fingerprint density at radius 3 is 2.00 bits per heavy atom. The highest BCUT2D eigenvalue weighted by Crippen LogP contribution is 2.23. The predicted octanol–water partition coefficient (Wildman–Crippen LogP) is 4.19. The second-order valence-corrected chi connectivity index (χ2v) is 3.96. The van der Waals surface area contributed by atoms with E-state index < -0.39 is 0 Å². The number of rotatable bonds is 3. The van der Waals surface area contributed by atoms with E-state index in [9.17, 15) is 0 Å². The molecule has 82 valence electrons. The maximum Gasteiger partial charge on any atom is 0.0474 e. The highest BCUT2D eigenvalue weighted by molar-refractivity contribution is 6.17. The zero-order valence-corrected chi connectivity index (χ0v) is 9.98. The number of benzene rings is 2. The largest absolute Gasteiger partial charge is 0.345 e. The molecule has 0 amide bonds. The van der Waals surface area contributed by atoms with Crippen LogP contribution in [0.5, 0.6) is 0 Å². The summed E-state index contributed by atoms with van der Waals surface area (Å²) in [7, 11) is 2.06. The van der Waals surface area contributed by atoms with Gasteiger partial charge in [-0.05, 0) is 29.8 Å². The Balaban J connectivity index is 2.24. The summed E-state index contributed by atoms with van der Waals surface area (Å²) in [5, 5.41) is 0. The topological polar surface area (TPSA) is 3.24 Å². The minimum atomic E-state index is 0.565. The molecule has 1 nitrogen and oxygen atoms in total. The van der Waals surface area contributed by atoms with Crippen molar-refractivity contribution in [3.05, 3.63) is 60.2 Å². The van der Waals surface area contributed by atoms with Crippen molar-refractivity contribution in [3.63, 3.8) is 0 Å². The number of alkyl halides is 1. The number of hydrogen-bond donors (Lipinski definition) is 0. The summed E-state index contributed by atoms with van der Waals surface area (Å²) in [6.07, 6.45) is 0. The minimum absolute atomic E-state index is 0.565. The first-order valence-electron chi connectivity index (χ1n) is 5.25. The molecule has 0 saturated carbocycles. The van der Waals surface area contributed by atoms with E-state index in [1.807, 2.05) is 18.2 Å². The third kappa shape index (κ3) is 2.37. The fourth-order valence-corrected chi connectivity index (χ4v) is 1.79. The van der Waals surface area contributed by atoms with Gasteiger partial charge < -0.3 is 4.90 Å². The molecule has 0 aliphatic carbocycles. The van der Waals surface area contributed by atoms with Crippen LogP contribution in [0.15, 0.2) is 54.6 Å². The Morgan fingerprint density at radius 1 is 0.875 bits per heavy atom. The van der Waals surface area contributed by atoms with E-state index in [2.05, 4.69) is 48.3 Å². The molecule has 2 aromatic carbocycles. The predicted molar refractivity (Wildman–Crippen MR) is 70.5 cm³/mol. The van der Waals surface area contributed by atoms with Gasteiger partial charge in [0.15, 0.2) is 0 Å². The van der Waals surface area contributed by atoms with Crippen molar-refractivity contribution in [1.29, 1.82) is 0 Å². The van der Waals surface area contributed by atoms with Gasteiger partial charge in [0.25, 0.3) is 0 Å². The van der Waals surface area contributed by atoms with Crippen LogP contribution in [-0.2, 0) is 5.88 Å². The Hall–Kier alpha value is -1.47. The lowest BCUT2D eigenvalue weighted by molar-refractivity contribution is 1.20. The summed E-state index contributed by atoms with van der Waals surface area (Å²) in [6.45, 7) is 0. The van der Waals surface area contributed by atoms with E-state index in [1.165, 1.54) is 11.4 Å². The van der Waals surface area contributed by atoms with E-state index >= 15 is 0 Å². The van der Waals surface area contributed by atoms with Crippen molar-refractivity contribution >= 4 is 23.0 Å². The zero-order valence-electron chi connectivity index (χ0n) is 9.23. The van der Waals surface area contributed by atoms with Crippen molar-refractivity contribution in [2.75, 3.05) is 11.9 Å². The number of nitrogens with zero attached hydrogens (tertiary/aromatic N) is 1. The van der Waals surface area contributed by atoms with E-state index in [-0.39, 0.29) is 0 Å². The maximum atomic E-state index is 5.76. The molecular weight excluding hydrogens is 218 g/mol. The van der Waals surface area contributed by atoms with Crippen LogP contribution >= 0.6 is 11.6 Å². The summed E-state index contributed by atoms with van der Waals surface area (Å²) in [6, 6.07) is 18.6.